The number of fused-ring (bicyclic) bond motifs is 1. The van der Waals surface area contributed by atoms with Gasteiger partial charge in [0.25, 0.3) is 0 Å². The van der Waals surface area contributed by atoms with Crippen LogP contribution in [0.5, 0.6) is 5.75 Å². The molecule has 1 unspecified atom stereocenters. The number of ether oxygens (including phenoxy) is 2. The summed E-state index contributed by atoms with van der Waals surface area (Å²) in [6.45, 7) is 6.80. The molecule has 2 heterocycles. The van der Waals surface area contributed by atoms with E-state index in [1.54, 1.807) is 0 Å². The van der Waals surface area contributed by atoms with E-state index in [0.717, 1.165) is 54.9 Å². The highest BCUT2D eigenvalue weighted by Crippen LogP contribution is 2.51. The lowest BCUT2D eigenvalue weighted by Gasteiger charge is -2.48. The molecule has 1 aliphatic carbocycles. The molecule has 1 fully saturated rings. The van der Waals surface area contributed by atoms with Crippen molar-refractivity contribution in [2.75, 3.05) is 32.6 Å². The van der Waals surface area contributed by atoms with Crippen molar-refractivity contribution in [3.8, 4) is 18.1 Å². The Labute approximate surface area is 203 Å². The Bertz CT molecular complexity index is 901. The Kier molecular flexibility index (Phi) is 8.45. The Morgan fingerprint density at radius 1 is 1.44 bits per heavy atom. The minimum atomic E-state index is -0.847. The van der Waals surface area contributed by atoms with Crippen molar-refractivity contribution in [3.63, 3.8) is 0 Å². The summed E-state index contributed by atoms with van der Waals surface area (Å²) < 4.78 is 11.4. The van der Waals surface area contributed by atoms with Gasteiger partial charge in [0.2, 0.25) is 5.91 Å². The molecule has 0 saturated heterocycles. The molecule has 3 rings (SSSR count). The van der Waals surface area contributed by atoms with Gasteiger partial charge in [-0.1, -0.05) is 20.8 Å². The molecule has 1 aromatic rings. The van der Waals surface area contributed by atoms with Gasteiger partial charge in [0.1, 0.15) is 12.2 Å². The van der Waals surface area contributed by atoms with E-state index in [4.69, 9.17) is 20.9 Å². The van der Waals surface area contributed by atoms with Gasteiger partial charge in [-0.2, -0.15) is 0 Å². The number of nitrogens with zero attached hydrogens (tertiary/aromatic N) is 1. The molecule has 8 nitrogen and oxygen atoms in total. The van der Waals surface area contributed by atoms with Crippen molar-refractivity contribution >= 4 is 11.7 Å². The molecule has 0 aromatic carbocycles. The van der Waals surface area contributed by atoms with Gasteiger partial charge in [0.05, 0.1) is 12.1 Å². The molecule has 8 heteroatoms. The molecule has 0 bridgehead atoms. The first-order valence-electron chi connectivity index (χ1n) is 12.1. The summed E-state index contributed by atoms with van der Waals surface area (Å²) in [5.41, 5.74) is 1.96. The maximum Gasteiger partial charge on any atom is 0.246 e. The van der Waals surface area contributed by atoms with Gasteiger partial charge in [0.15, 0.2) is 11.6 Å². The lowest BCUT2D eigenvalue weighted by molar-refractivity contribution is -0.126. The van der Waals surface area contributed by atoms with E-state index in [-0.39, 0.29) is 42.5 Å². The van der Waals surface area contributed by atoms with Gasteiger partial charge < -0.3 is 30.5 Å². The van der Waals surface area contributed by atoms with E-state index in [9.17, 15) is 9.90 Å². The number of carbonyl (C=O) groups is 1. The third-order valence-electron chi connectivity index (χ3n) is 6.54. The molecule has 1 aliphatic heterocycles. The van der Waals surface area contributed by atoms with Crippen molar-refractivity contribution in [2.24, 2.45) is 5.41 Å². The van der Waals surface area contributed by atoms with Crippen LogP contribution in [-0.2, 0) is 16.0 Å². The SMILES string of the molecule is C#CC[C@H](NC(=O)COC)[C@H](O)CNC1CC2(CCC2)Oc2c1cc(CC(C)(C)C)nc2NC. The maximum atomic E-state index is 12.0. The largest absolute Gasteiger partial charge is 0.483 e. The molecular formula is C26H40N4O4. The zero-order chi connectivity index (χ0) is 24.9. The summed E-state index contributed by atoms with van der Waals surface area (Å²) in [6.07, 6.45) is 9.69. The van der Waals surface area contributed by atoms with Crippen molar-refractivity contribution in [1.29, 1.82) is 0 Å². The number of hydrogen-bond acceptors (Lipinski definition) is 7. The number of carbonyl (C=O) groups excluding carboxylic acids is 1. The molecule has 2 aliphatic rings. The Morgan fingerprint density at radius 3 is 2.74 bits per heavy atom. The van der Waals surface area contributed by atoms with Gasteiger partial charge >= 0.3 is 0 Å². The summed E-state index contributed by atoms with van der Waals surface area (Å²) in [4.78, 5) is 16.8. The number of aliphatic hydroxyl groups is 1. The average molecular weight is 473 g/mol. The van der Waals surface area contributed by atoms with E-state index in [2.05, 4.69) is 48.7 Å². The number of rotatable bonds is 10. The average Bonchev–Trinajstić information content (AvgIpc) is 2.74. The first kappa shape index (κ1) is 26.3. The number of aliphatic hydroxyl groups excluding tert-OH is 1. The van der Waals surface area contributed by atoms with Crippen molar-refractivity contribution in [2.45, 2.75) is 83.1 Å². The molecule has 3 atom stereocenters. The number of aromatic nitrogens is 1. The lowest BCUT2D eigenvalue weighted by Crippen LogP contribution is -2.52. The quantitative estimate of drug-likeness (QED) is 0.388. The fraction of sp³-hybridized carbons (Fsp3) is 0.692. The molecule has 1 amide bonds. The Balaban J connectivity index is 1.82. The van der Waals surface area contributed by atoms with Crippen LogP contribution in [0.3, 0.4) is 0 Å². The lowest BCUT2D eigenvalue weighted by atomic mass is 9.72. The molecule has 1 aromatic heterocycles. The van der Waals surface area contributed by atoms with E-state index in [1.165, 1.54) is 7.11 Å². The van der Waals surface area contributed by atoms with Crippen LogP contribution in [0.15, 0.2) is 6.07 Å². The summed E-state index contributed by atoms with van der Waals surface area (Å²) in [5, 5.41) is 20.4. The Hall–Kier alpha value is -2.34. The fourth-order valence-electron chi connectivity index (χ4n) is 4.77. The third kappa shape index (κ3) is 6.41. The van der Waals surface area contributed by atoms with Crippen LogP contribution < -0.4 is 20.7 Å². The van der Waals surface area contributed by atoms with E-state index in [1.807, 2.05) is 7.05 Å². The molecule has 1 saturated carbocycles. The highest BCUT2D eigenvalue weighted by Gasteiger charge is 2.46. The topological polar surface area (TPSA) is 105 Å². The van der Waals surface area contributed by atoms with Crippen molar-refractivity contribution < 1.29 is 19.4 Å². The van der Waals surface area contributed by atoms with Gasteiger partial charge in [-0.15, -0.1) is 12.3 Å². The number of nitrogens with one attached hydrogen (secondary N) is 3. The van der Waals surface area contributed by atoms with E-state index >= 15 is 0 Å². The first-order valence-corrected chi connectivity index (χ1v) is 12.1. The minimum Gasteiger partial charge on any atom is -0.483 e. The molecule has 0 radical (unpaired) electrons. The molecule has 34 heavy (non-hydrogen) atoms. The highest BCUT2D eigenvalue weighted by molar-refractivity contribution is 5.77. The monoisotopic (exact) mass is 472 g/mol. The summed E-state index contributed by atoms with van der Waals surface area (Å²) in [7, 11) is 3.32. The van der Waals surface area contributed by atoms with Crippen LogP contribution in [0.2, 0.25) is 0 Å². The fourth-order valence-corrected chi connectivity index (χ4v) is 4.77. The normalized spacial score (nSPS) is 20.3. The van der Waals surface area contributed by atoms with Crippen molar-refractivity contribution in [3.05, 3.63) is 17.3 Å². The molecule has 188 valence electrons. The number of terminal acetylenes is 1. The predicted octanol–water partition coefficient (Wildman–Crippen LogP) is 2.56. The number of methoxy groups -OCH3 is 1. The Morgan fingerprint density at radius 2 is 2.18 bits per heavy atom. The second kappa shape index (κ2) is 10.9. The van der Waals surface area contributed by atoms with Gasteiger partial charge in [-0.05, 0) is 37.2 Å². The summed E-state index contributed by atoms with van der Waals surface area (Å²) >= 11 is 0. The van der Waals surface area contributed by atoms with Crippen molar-refractivity contribution in [1.82, 2.24) is 15.6 Å². The minimum absolute atomic E-state index is 0.00585. The van der Waals surface area contributed by atoms with Crippen LogP contribution in [-0.4, -0.2) is 61.1 Å². The second-order valence-electron chi connectivity index (χ2n) is 10.8. The zero-order valence-electron chi connectivity index (χ0n) is 21.2. The van der Waals surface area contributed by atoms with Crippen LogP contribution in [0.4, 0.5) is 5.82 Å². The van der Waals surface area contributed by atoms with Crippen LogP contribution in [0, 0.1) is 17.8 Å². The third-order valence-corrected chi connectivity index (χ3v) is 6.54. The number of hydrogen-bond donors (Lipinski definition) is 4. The van der Waals surface area contributed by atoms with Gasteiger partial charge in [0, 0.05) is 50.8 Å². The highest BCUT2D eigenvalue weighted by atomic mass is 16.5. The number of amides is 1. The van der Waals surface area contributed by atoms with Gasteiger partial charge in [-0.25, -0.2) is 4.98 Å². The number of pyridine rings is 1. The number of anilines is 1. The first-order chi connectivity index (χ1) is 16.1. The molecule has 4 N–H and O–H groups in total. The zero-order valence-corrected chi connectivity index (χ0v) is 21.2. The predicted molar refractivity (Wildman–Crippen MR) is 133 cm³/mol. The maximum absolute atomic E-state index is 12.0. The van der Waals surface area contributed by atoms with Crippen LogP contribution in [0.25, 0.3) is 0 Å². The standard InChI is InChI=1S/C26H40N4O4/c1-7-9-19(30-22(32)16-33-6)21(31)15-28-20-14-26(10-8-11-26)34-23-18(20)12-17(13-25(2,3)4)29-24(23)27-5/h1,12,19-21,28,31H,8-11,13-16H2,2-6H3,(H,27,29)(H,30,32)/t19-,20?,21+/m0/s1. The summed E-state index contributed by atoms with van der Waals surface area (Å²) in [5.74, 6) is 3.80. The van der Waals surface area contributed by atoms with Crippen LogP contribution in [0.1, 0.15) is 70.2 Å². The van der Waals surface area contributed by atoms with Crippen LogP contribution >= 0.6 is 0 Å². The van der Waals surface area contributed by atoms with E-state index in [0.29, 0.717) is 0 Å². The smallest absolute Gasteiger partial charge is 0.246 e. The summed E-state index contributed by atoms with van der Waals surface area (Å²) in [6, 6.07) is 1.57. The van der Waals surface area contributed by atoms with E-state index < -0.39 is 12.1 Å². The second-order valence-corrected chi connectivity index (χ2v) is 10.8. The van der Waals surface area contributed by atoms with Gasteiger partial charge in [-0.3, -0.25) is 4.79 Å². The molecule has 1 spiro atoms. The molecular weight excluding hydrogens is 432 g/mol.